The van der Waals surface area contributed by atoms with Gasteiger partial charge in [0.15, 0.2) is 16.7 Å². The minimum absolute atomic E-state index is 0.0925. The van der Waals surface area contributed by atoms with Crippen LogP contribution in [0.3, 0.4) is 0 Å². The summed E-state index contributed by atoms with van der Waals surface area (Å²) in [6, 6.07) is 13.4. The van der Waals surface area contributed by atoms with Crippen LogP contribution in [0.4, 0.5) is 5.69 Å². The second-order valence-electron chi connectivity index (χ2n) is 6.40. The van der Waals surface area contributed by atoms with Crippen molar-refractivity contribution in [2.75, 3.05) is 19.9 Å². The molecule has 7 heteroatoms. The SMILES string of the molecule is CCOc1ccc(N=C2S[C@H](Cc3ccc4c(c3)OCO4)C(=O)N2CC)cc1. The van der Waals surface area contributed by atoms with E-state index in [2.05, 4.69) is 0 Å². The Morgan fingerprint density at radius 2 is 1.93 bits per heavy atom. The largest absolute Gasteiger partial charge is 0.494 e. The van der Waals surface area contributed by atoms with E-state index in [9.17, 15) is 4.79 Å². The average molecular weight is 398 g/mol. The minimum Gasteiger partial charge on any atom is -0.494 e. The third-order valence-electron chi connectivity index (χ3n) is 4.57. The first-order valence-electron chi connectivity index (χ1n) is 9.36. The Morgan fingerprint density at radius 1 is 1.14 bits per heavy atom. The second kappa shape index (κ2) is 8.14. The normalized spacial score (nSPS) is 19.5. The molecule has 0 aromatic heterocycles. The van der Waals surface area contributed by atoms with E-state index in [-0.39, 0.29) is 18.0 Å². The molecule has 1 amide bonds. The number of amidine groups is 1. The molecule has 2 aromatic rings. The summed E-state index contributed by atoms with van der Waals surface area (Å²) < 4.78 is 16.3. The highest BCUT2D eigenvalue weighted by Gasteiger charge is 2.37. The molecule has 1 fully saturated rings. The van der Waals surface area contributed by atoms with Crippen molar-refractivity contribution in [3.8, 4) is 17.2 Å². The van der Waals surface area contributed by atoms with E-state index in [0.29, 0.717) is 19.6 Å². The monoisotopic (exact) mass is 398 g/mol. The van der Waals surface area contributed by atoms with Gasteiger partial charge in [0.25, 0.3) is 0 Å². The maximum absolute atomic E-state index is 12.9. The fourth-order valence-electron chi connectivity index (χ4n) is 3.19. The fraction of sp³-hybridized carbons (Fsp3) is 0.333. The van der Waals surface area contributed by atoms with Gasteiger partial charge in [-0.1, -0.05) is 17.8 Å². The lowest BCUT2D eigenvalue weighted by atomic mass is 10.1. The number of nitrogens with zero attached hydrogens (tertiary/aromatic N) is 2. The molecule has 0 N–H and O–H groups in total. The number of ether oxygens (including phenoxy) is 3. The summed E-state index contributed by atoms with van der Waals surface area (Å²) >= 11 is 1.51. The van der Waals surface area contributed by atoms with Crippen molar-refractivity contribution in [2.24, 2.45) is 4.99 Å². The highest BCUT2D eigenvalue weighted by atomic mass is 32.2. The number of hydrogen-bond acceptors (Lipinski definition) is 6. The summed E-state index contributed by atoms with van der Waals surface area (Å²) in [5.74, 6) is 2.40. The van der Waals surface area contributed by atoms with Crippen LogP contribution in [-0.2, 0) is 11.2 Å². The molecule has 28 heavy (non-hydrogen) atoms. The Hall–Kier alpha value is -2.67. The third-order valence-corrected chi connectivity index (χ3v) is 5.74. The number of carbonyl (C=O) groups excluding carboxylic acids is 1. The first-order valence-corrected chi connectivity index (χ1v) is 10.2. The van der Waals surface area contributed by atoms with Crippen molar-refractivity contribution in [2.45, 2.75) is 25.5 Å². The second-order valence-corrected chi connectivity index (χ2v) is 7.57. The molecule has 2 aromatic carbocycles. The molecular formula is C21H22N2O4S. The third kappa shape index (κ3) is 3.80. The van der Waals surface area contributed by atoms with Crippen molar-refractivity contribution >= 4 is 28.5 Å². The molecule has 0 aliphatic carbocycles. The van der Waals surface area contributed by atoms with Crippen LogP contribution in [0.1, 0.15) is 19.4 Å². The molecule has 0 spiro atoms. The van der Waals surface area contributed by atoms with Crippen LogP contribution in [0.25, 0.3) is 0 Å². The summed E-state index contributed by atoms with van der Waals surface area (Å²) in [4.78, 5) is 19.3. The Bertz CT molecular complexity index is 898. The molecule has 146 valence electrons. The standard InChI is InChI=1S/C21H22N2O4S/c1-3-23-20(24)19(12-14-5-10-17-18(11-14)27-13-26-17)28-21(23)22-15-6-8-16(9-7-15)25-4-2/h5-11,19H,3-4,12-13H2,1-2H3/t19-/m1/s1. The molecule has 0 radical (unpaired) electrons. The van der Waals surface area contributed by atoms with Crippen LogP contribution in [0.2, 0.25) is 0 Å². The zero-order valence-corrected chi connectivity index (χ0v) is 16.7. The summed E-state index contributed by atoms with van der Waals surface area (Å²) in [6.45, 7) is 5.39. The van der Waals surface area contributed by atoms with Gasteiger partial charge >= 0.3 is 0 Å². The summed E-state index contributed by atoms with van der Waals surface area (Å²) in [6.07, 6.45) is 0.624. The summed E-state index contributed by atoms with van der Waals surface area (Å²) in [5, 5.41) is 0.546. The molecular weight excluding hydrogens is 376 g/mol. The molecule has 2 aliphatic rings. The van der Waals surface area contributed by atoms with Crippen LogP contribution in [-0.4, -0.2) is 41.2 Å². The Labute approximate surface area is 168 Å². The lowest BCUT2D eigenvalue weighted by Gasteiger charge is -2.13. The minimum atomic E-state index is -0.193. The number of fused-ring (bicyclic) bond motifs is 1. The number of rotatable bonds is 6. The van der Waals surface area contributed by atoms with Gasteiger partial charge in [-0.15, -0.1) is 0 Å². The molecule has 2 aliphatic heterocycles. The highest BCUT2D eigenvalue weighted by molar-refractivity contribution is 8.15. The van der Waals surface area contributed by atoms with Crippen LogP contribution >= 0.6 is 11.8 Å². The van der Waals surface area contributed by atoms with Crippen molar-refractivity contribution in [3.05, 3.63) is 48.0 Å². The number of hydrogen-bond donors (Lipinski definition) is 0. The first kappa shape index (κ1) is 18.7. The van der Waals surface area contributed by atoms with Crippen LogP contribution in [0.15, 0.2) is 47.5 Å². The zero-order chi connectivity index (χ0) is 19.5. The smallest absolute Gasteiger partial charge is 0.242 e. The maximum Gasteiger partial charge on any atom is 0.242 e. The van der Waals surface area contributed by atoms with E-state index in [4.69, 9.17) is 19.2 Å². The lowest BCUT2D eigenvalue weighted by molar-refractivity contribution is -0.126. The molecule has 6 nitrogen and oxygen atoms in total. The van der Waals surface area contributed by atoms with Crippen molar-refractivity contribution in [1.82, 2.24) is 4.90 Å². The number of benzene rings is 2. The van der Waals surface area contributed by atoms with Crippen LogP contribution < -0.4 is 14.2 Å². The fourth-order valence-corrected chi connectivity index (χ4v) is 4.45. The quantitative estimate of drug-likeness (QED) is 0.736. The lowest BCUT2D eigenvalue weighted by Crippen LogP contribution is -2.32. The maximum atomic E-state index is 12.9. The average Bonchev–Trinajstić information content (AvgIpc) is 3.28. The van der Waals surface area contributed by atoms with Gasteiger partial charge in [-0.25, -0.2) is 4.99 Å². The number of amides is 1. The zero-order valence-electron chi connectivity index (χ0n) is 15.9. The van der Waals surface area contributed by atoms with E-state index in [1.54, 1.807) is 4.90 Å². The Balaban J connectivity index is 1.51. The van der Waals surface area contributed by atoms with Gasteiger partial charge < -0.3 is 14.2 Å². The Kier molecular flexibility index (Phi) is 5.43. The summed E-state index contributed by atoms with van der Waals surface area (Å²) in [5.41, 5.74) is 1.86. The van der Waals surface area contributed by atoms with Gasteiger partial charge in [0, 0.05) is 6.54 Å². The first-order chi connectivity index (χ1) is 13.7. The van der Waals surface area contributed by atoms with Crippen molar-refractivity contribution in [3.63, 3.8) is 0 Å². The molecule has 4 rings (SSSR count). The topological polar surface area (TPSA) is 60.4 Å². The van der Waals surface area contributed by atoms with Gasteiger partial charge in [0.05, 0.1) is 17.5 Å². The molecule has 1 saturated heterocycles. The van der Waals surface area contributed by atoms with Gasteiger partial charge in [-0.3, -0.25) is 9.69 Å². The van der Waals surface area contributed by atoms with Crippen LogP contribution in [0, 0.1) is 0 Å². The van der Waals surface area contributed by atoms with E-state index in [1.807, 2.05) is 56.3 Å². The Morgan fingerprint density at radius 3 is 2.68 bits per heavy atom. The molecule has 2 heterocycles. The molecule has 1 atom stereocenters. The molecule has 0 saturated carbocycles. The summed E-state index contributed by atoms with van der Waals surface area (Å²) in [7, 11) is 0. The van der Waals surface area contributed by atoms with Gasteiger partial charge in [-0.05, 0) is 62.2 Å². The van der Waals surface area contributed by atoms with Gasteiger partial charge in [0.2, 0.25) is 12.7 Å². The highest BCUT2D eigenvalue weighted by Crippen LogP contribution is 2.36. The van der Waals surface area contributed by atoms with Gasteiger partial charge in [0.1, 0.15) is 5.75 Å². The predicted molar refractivity (Wildman–Crippen MR) is 110 cm³/mol. The number of thioether (sulfide) groups is 1. The van der Waals surface area contributed by atoms with E-state index in [0.717, 1.165) is 33.7 Å². The van der Waals surface area contributed by atoms with E-state index < -0.39 is 0 Å². The number of carbonyl (C=O) groups is 1. The van der Waals surface area contributed by atoms with E-state index in [1.165, 1.54) is 11.8 Å². The molecule has 0 bridgehead atoms. The van der Waals surface area contributed by atoms with Crippen molar-refractivity contribution in [1.29, 1.82) is 0 Å². The van der Waals surface area contributed by atoms with Crippen molar-refractivity contribution < 1.29 is 19.0 Å². The molecule has 0 unspecified atom stereocenters. The van der Waals surface area contributed by atoms with E-state index >= 15 is 0 Å². The number of aliphatic imine (C=N–C) groups is 1. The van der Waals surface area contributed by atoms with Crippen LogP contribution in [0.5, 0.6) is 17.2 Å². The van der Waals surface area contributed by atoms with Gasteiger partial charge in [-0.2, -0.15) is 0 Å². The predicted octanol–water partition coefficient (Wildman–Crippen LogP) is 4.01.